The number of nitrogens with zero attached hydrogens (tertiary/aromatic N) is 1. The average Bonchev–Trinajstić information content (AvgIpc) is 2.71. The van der Waals surface area contributed by atoms with Crippen LogP contribution in [0.2, 0.25) is 0 Å². The molecule has 1 aliphatic heterocycles. The Hall–Kier alpha value is -3.08. The van der Waals surface area contributed by atoms with Gasteiger partial charge in [-0.3, -0.25) is 0 Å². The van der Waals surface area contributed by atoms with Gasteiger partial charge in [0.2, 0.25) is 0 Å². The van der Waals surface area contributed by atoms with Gasteiger partial charge in [-0.15, -0.1) is 0 Å². The van der Waals surface area contributed by atoms with Crippen molar-refractivity contribution < 1.29 is 17.9 Å². The smallest absolute Gasteiger partial charge is 0.416 e. The first-order chi connectivity index (χ1) is 14.9. The zero-order chi connectivity index (χ0) is 22.3. The molecule has 0 bridgehead atoms. The number of nitriles is 1. The zero-order valence-electron chi connectivity index (χ0n) is 17.0. The molecule has 0 aliphatic carbocycles. The first kappa shape index (κ1) is 22.6. The molecule has 3 rings (SSSR count). The second kappa shape index (κ2) is 10.3. The van der Waals surface area contributed by atoms with Crippen LogP contribution in [0.3, 0.4) is 0 Å². The molecule has 31 heavy (non-hydrogen) atoms. The second-order valence-electron chi connectivity index (χ2n) is 7.41. The van der Waals surface area contributed by atoms with Crippen LogP contribution in [0.5, 0.6) is 5.75 Å². The first-order valence-corrected chi connectivity index (χ1v) is 9.97. The van der Waals surface area contributed by atoms with E-state index < -0.39 is 11.7 Å². The van der Waals surface area contributed by atoms with Crippen LogP contribution >= 0.6 is 0 Å². The molecule has 2 N–H and O–H groups in total. The molecule has 1 aliphatic rings. The summed E-state index contributed by atoms with van der Waals surface area (Å²) in [7, 11) is 0. The lowest BCUT2D eigenvalue weighted by Crippen LogP contribution is -2.47. The number of hydrogen-bond acceptors (Lipinski definition) is 4. The predicted octanol–water partition coefficient (Wildman–Crippen LogP) is 4.62. The van der Waals surface area contributed by atoms with Crippen LogP contribution in [0.25, 0.3) is 12.2 Å². The average molecular weight is 427 g/mol. The molecule has 0 atom stereocenters. The quantitative estimate of drug-likeness (QED) is 0.453. The summed E-state index contributed by atoms with van der Waals surface area (Å²) in [5, 5.41) is 15.9. The molecule has 0 amide bonds. The van der Waals surface area contributed by atoms with Gasteiger partial charge in [0.25, 0.3) is 0 Å². The maximum Gasteiger partial charge on any atom is 0.416 e. The fraction of sp³-hybridized carbons (Fsp3) is 0.292. The summed E-state index contributed by atoms with van der Waals surface area (Å²) in [6.45, 7) is 7.67. The Labute approximate surface area is 180 Å². The van der Waals surface area contributed by atoms with E-state index in [1.54, 1.807) is 18.2 Å². The summed E-state index contributed by atoms with van der Waals surface area (Å²) in [6.07, 6.45) is 0.583. The maximum atomic E-state index is 12.9. The minimum Gasteiger partial charge on any atom is -0.490 e. The first-order valence-electron chi connectivity index (χ1n) is 9.97. The summed E-state index contributed by atoms with van der Waals surface area (Å²) in [4.78, 5) is 0. The predicted molar refractivity (Wildman–Crippen MR) is 115 cm³/mol. The number of alkyl halides is 3. The van der Waals surface area contributed by atoms with Gasteiger partial charge in [0.1, 0.15) is 12.4 Å². The van der Waals surface area contributed by atoms with Crippen LogP contribution in [0.4, 0.5) is 13.2 Å². The lowest BCUT2D eigenvalue weighted by Gasteiger charge is -2.27. The van der Waals surface area contributed by atoms with Crippen molar-refractivity contribution in [1.29, 1.82) is 5.26 Å². The molecular formula is C24H24F3N3O. The van der Waals surface area contributed by atoms with Crippen molar-refractivity contribution in [3.63, 3.8) is 0 Å². The Morgan fingerprint density at radius 2 is 2.00 bits per heavy atom. The standard InChI is InChI=1S/C24H24F3N3O/c1-2-7-31-23-9-17(8-18(10-23)13-29-14-19-15-30-16-19)3-4-20-5-6-22(24(25,26)27)11-21(20)12-28/h2-6,8-11,19,29-30H,1,7,13-16H2/b4-3+. The van der Waals surface area contributed by atoms with E-state index in [0.717, 1.165) is 42.9 Å². The van der Waals surface area contributed by atoms with E-state index in [-0.39, 0.29) is 5.56 Å². The highest BCUT2D eigenvalue weighted by Gasteiger charge is 2.30. The van der Waals surface area contributed by atoms with E-state index in [9.17, 15) is 18.4 Å². The third kappa shape index (κ3) is 6.45. The maximum absolute atomic E-state index is 12.9. The minimum absolute atomic E-state index is 0.0267. The van der Waals surface area contributed by atoms with Gasteiger partial charge in [-0.05, 0) is 46.9 Å². The molecule has 1 saturated heterocycles. The van der Waals surface area contributed by atoms with E-state index in [2.05, 4.69) is 17.2 Å². The van der Waals surface area contributed by atoms with Crippen LogP contribution in [0, 0.1) is 17.2 Å². The van der Waals surface area contributed by atoms with Crippen molar-refractivity contribution in [2.45, 2.75) is 12.7 Å². The van der Waals surface area contributed by atoms with E-state index in [1.807, 2.05) is 24.3 Å². The van der Waals surface area contributed by atoms with Crippen molar-refractivity contribution in [1.82, 2.24) is 10.6 Å². The second-order valence-corrected chi connectivity index (χ2v) is 7.41. The topological polar surface area (TPSA) is 57.1 Å². The van der Waals surface area contributed by atoms with Gasteiger partial charge in [-0.25, -0.2) is 0 Å². The van der Waals surface area contributed by atoms with E-state index in [4.69, 9.17) is 4.74 Å². The molecule has 0 radical (unpaired) electrons. The van der Waals surface area contributed by atoms with Crippen LogP contribution in [-0.2, 0) is 12.7 Å². The minimum atomic E-state index is -4.48. The number of rotatable bonds is 9. The Bertz CT molecular complexity index is 989. The van der Waals surface area contributed by atoms with Gasteiger partial charge in [-0.2, -0.15) is 18.4 Å². The third-order valence-electron chi connectivity index (χ3n) is 4.94. The summed E-state index contributed by atoms with van der Waals surface area (Å²) in [6, 6.07) is 10.8. The van der Waals surface area contributed by atoms with Crippen LogP contribution in [0.15, 0.2) is 49.1 Å². The largest absolute Gasteiger partial charge is 0.490 e. The fourth-order valence-electron chi connectivity index (χ4n) is 3.20. The molecule has 4 nitrogen and oxygen atoms in total. The molecule has 7 heteroatoms. The van der Waals surface area contributed by atoms with E-state index in [0.29, 0.717) is 30.4 Å². The third-order valence-corrected chi connectivity index (χ3v) is 4.94. The fourth-order valence-corrected chi connectivity index (χ4v) is 3.20. The molecular weight excluding hydrogens is 403 g/mol. The van der Waals surface area contributed by atoms with Gasteiger partial charge >= 0.3 is 6.18 Å². The summed E-state index contributed by atoms with van der Waals surface area (Å²) >= 11 is 0. The highest BCUT2D eigenvalue weighted by molar-refractivity contribution is 5.73. The van der Waals surface area contributed by atoms with Gasteiger partial charge in [0.15, 0.2) is 0 Å². The number of nitrogens with one attached hydrogen (secondary N) is 2. The summed E-state index contributed by atoms with van der Waals surface area (Å²) in [5.41, 5.74) is 1.41. The Morgan fingerprint density at radius 3 is 2.65 bits per heavy atom. The molecule has 0 spiro atoms. The van der Waals surface area contributed by atoms with Crippen LogP contribution in [0.1, 0.15) is 27.8 Å². The van der Waals surface area contributed by atoms with Crippen molar-refractivity contribution in [2.75, 3.05) is 26.2 Å². The number of hydrogen-bond donors (Lipinski definition) is 2. The van der Waals surface area contributed by atoms with Crippen molar-refractivity contribution >= 4 is 12.2 Å². The van der Waals surface area contributed by atoms with Crippen LogP contribution < -0.4 is 15.4 Å². The normalized spacial score (nSPS) is 14.3. The van der Waals surface area contributed by atoms with E-state index >= 15 is 0 Å². The van der Waals surface area contributed by atoms with Gasteiger partial charge in [0, 0.05) is 26.2 Å². The van der Waals surface area contributed by atoms with Crippen molar-refractivity contribution in [2.24, 2.45) is 5.92 Å². The highest BCUT2D eigenvalue weighted by Crippen LogP contribution is 2.31. The molecule has 0 aromatic heterocycles. The molecule has 1 fully saturated rings. The van der Waals surface area contributed by atoms with Gasteiger partial charge in [-0.1, -0.05) is 36.9 Å². The highest BCUT2D eigenvalue weighted by atomic mass is 19.4. The molecule has 0 unspecified atom stereocenters. The molecule has 2 aromatic rings. The number of ether oxygens (including phenoxy) is 1. The Morgan fingerprint density at radius 1 is 1.19 bits per heavy atom. The monoisotopic (exact) mass is 427 g/mol. The zero-order valence-corrected chi connectivity index (χ0v) is 17.0. The van der Waals surface area contributed by atoms with Crippen LogP contribution in [-0.4, -0.2) is 26.2 Å². The number of halogens is 3. The molecule has 2 aromatic carbocycles. The lowest BCUT2D eigenvalue weighted by molar-refractivity contribution is -0.137. The van der Waals surface area contributed by atoms with Gasteiger partial charge < -0.3 is 15.4 Å². The van der Waals surface area contributed by atoms with Crippen molar-refractivity contribution in [3.05, 3.63) is 76.9 Å². The summed E-state index contributed by atoms with van der Waals surface area (Å²) < 4.78 is 44.4. The molecule has 0 saturated carbocycles. The SMILES string of the molecule is C=CCOc1cc(/C=C/c2ccc(C(F)(F)F)cc2C#N)cc(CNCC2CNC2)c1. The Kier molecular flexibility index (Phi) is 7.50. The molecule has 162 valence electrons. The lowest BCUT2D eigenvalue weighted by atomic mass is 10.0. The van der Waals surface area contributed by atoms with Crippen molar-refractivity contribution in [3.8, 4) is 11.8 Å². The van der Waals surface area contributed by atoms with Gasteiger partial charge in [0.05, 0.1) is 17.2 Å². The van der Waals surface area contributed by atoms with E-state index in [1.165, 1.54) is 6.07 Å². The summed E-state index contributed by atoms with van der Waals surface area (Å²) in [5.74, 6) is 1.32. The Balaban J connectivity index is 1.79. The number of benzene rings is 2. The molecule has 1 heterocycles.